The van der Waals surface area contributed by atoms with Crippen LogP contribution in [0.1, 0.15) is 20.3 Å². The molecule has 0 bridgehead atoms. The van der Waals surface area contributed by atoms with Gasteiger partial charge in [-0.05, 0) is 13.8 Å². The van der Waals surface area contributed by atoms with Gasteiger partial charge < -0.3 is 9.64 Å². The summed E-state index contributed by atoms with van der Waals surface area (Å²) in [7, 11) is 0. The summed E-state index contributed by atoms with van der Waals surface area (Å²) in [6.45, 7) is 5.90. The van der Waals surface area contributed by atoms with Crippen molar-refractivity contribution in [3.05, 3.63) is 12.3 Å². The molecule has 0 heterocycles. The normalized spacial score (nSPS) is 9.79. The van der Waals surface area contributed by atoms with Crippen LogP contribution in [0.3, 0.4) is 0 Å². The van der Waals surface area contributed by atoms with E-state index in [4.69, 9.17) is 10.00 Å². The van der Waals surface area contributed by atoms with Crippen LogP contribution in [-0.4, -0.2) is 30.6 Å². The van der Waals surface area contributed by atoms with Crippen molar-refractivity contribution in [2.75, 3.05) is 19.7 Å². The average molecular weight is 196 g/mol. The first-order valence-corrected chi connectivity index (χ1v) is 4.70. The van der Waals surface area contributed by atoms with E-state index in [2.05, 4.69) is 0 Å². The van der Waals surface area contributed by atoms with Gasteiger partial charge in [-0.3, -0.25) is 0 Å². The maximum atomic E-state index is 11.0. The highest BCUT2D eigenvalue weighted by Crippen LogP contribution is 1.90. The third-order valence-electron chi connectivity index (χ3n) is 1.69. The lowest BCUT2D eigenvalue weighted by atomic mass is 10.5. The highest BCUT2D eigenvalue weighted by molar-refractivity contribution is 5.81. The smallest absolute Gasteiger partial charge is 0.332 e. The molecule has 14 heavy (non-hydrogen) atoms. The van der Waals surface area contributed by atoms with Crippen molar-refractivity contribution >= 4 is 5.97 Å². The quantitative estimate of drug-likeness (QED) is 0.365. The number of nitrogens with zero attached hydrogens (tertiary/aromatic N) is 2. The van der Waals surface area contributed by atoms with Crippen LogP contribution in [0.2, 0.25) is 0 Å². The van der Waals surface area contributed by atoms with E-state index in [-0.39, 0.29) is 13.0 Å². The molecule has 0 amide bonds. The molecule has 4 nitrogen and oxygen atoms in total. The Balaban J connectivity index is 3.75. The van der Waals surface area contributed by atoms with E-state index in [1.165, 1.54) is 6.08 Å². The number of hydrogen-bond acceptors (Lipinski definition) is 4. The van der Waals surface area contributed by atoms with E-state index in [9.17, 15) is 4.79 Å². The SMILES string of the molecule is CCN(C=CC(=O)OCCC#N)CC. The van der Waals surface area contributed by atoms with Crippen LogP contribution >= 0.6 is 0 Å². The molecule has 0 aromatic rings. The molecule has 0 aromatic carbocycles. The second kappa shape index (κ2) is 8.11. The number of nitriles is 1. The second-order valence-electron chi connectivity index (χ2n) is 2.61. The van der Waals surface area contributed by atoms with Gasteiger partial charge in [0.05, 0.1) is 12.5 Å². The Bertz CT molecular complexity index is 227. The van der Waals surface area contributed by atoms with Crippen molar-refractivity contribution in [2.45, 2.75) is 20.3 Å². The Morgan fingerprint density at radius 1 is 1.50 bits per heavy atom. The fourth-order valence-electron chi connectivity index (χ4n) is 0.846. The molecule has 0 atom stereocenters. The van der Waals surface area contributed by atoms with Gasteiger partial charge in [0.2, 0.25) is 0 Å². The van der Waals surface area contributed by atoms with Crippen LogP contribution in [0.4, 0.5) is 0 Å². The highest BCUT2D eigenvalue weighted by atomic mass is 16.5. The molecule has 0 aromatic heterocycles. The highest BCUT2D eigenvalue weighted by Gasteiger charge is 1.97. The van der Waals surface area contributed by atoms with Crippen molar-refractivity contribution in [2.24, 2.45) is 0 Å². The number of ether oxygens (including phenoxy) is 1. The van der Waals surface area contributed by atoms with Gasteiger partial charge in [-0.15, -0.1) is 0 Å². The van der Waals surface area contributed by atoms with Crippen molar-refractivity contribution < 1.29 is 9.53 Å². The van der Waals surface area contributed by atoms with Gasteiger partial charge in [0, 0.05) is 25.4 Å². The Morgan fingerprint density at radius 3 is 2.64 bits per heavy atom. The molecule has 0 fully saturated rings. The molecule has 78 valence electrons. The molecular formula is C10H16N2O2. The van der Waals surface area contributed by atoms with Gasteiger partial charge >= 0.3 is 5.97 Å². The zero-order chi connectivity index (χ0) is 10.8. The maximum Gasteiger partial charge on any atom is 0.332 e. The minimum Gasteiger partial charge on any atom is -0.461 e. The molecule has 0 rings (SSSR count). The number of carbonyl (C=O) groups excluding carboxylic acids is 1. The minimum absolute atomic E-state index is 0.165. The molecular weight excluding hydrogens is 180 g/mol. The van der Waals surface area contributed by atoms with E-state index in [1.54, 1.807) is 6.20 Å². The molecule has 0 saturated carbocycles. The number of esters is 1. The van der Waals surface area contributed by atoms with Gasteiger partial charge in [-0.1, -0.05) is 0 Å². The van der Waals surface area contributed by atoms with Crippen LogP contribution in [0.5, 0.6) is 0 Å². The Labute approximate surface area is 84.8 Å². The van der Waals surface area contributed by atoms with Crippen LogP contribution in [0.15, 0.2) is 12.3 Å². The topological polar surface area (TPSA) is 53.3 Å². The lowest BCUT2D eigenvalue weighted by Crippen LogP contribution is -2.16. The fraction of sp³-hybridized carbons (Fsp3) is 0.600. The lowest BCUT2D eigenvalue weighted by Gasteiger charge is -2.13. The molecule has 0 N–H and O–H groups in total. The summed E-state index contributed by atoms with van der Waals surface area (Å²) in [5, 5.41) is 8.21. The van der Waals surface area contributed by atoms with Gasteiger partial charge in [0.1, 0.15) is 6.61 Å². The van der Waals surface area contributed by atoms with Gasteiger partial charge in [0.15, 0.2) is 0 Å². The van der Waals surface area contributed by atoms with Crippen LogP contribution < -0.4 is 0 Å². The maximum absolute atomic E-state index is 11.0. The molecule has 0 aliphatic heterocycles. The lowest BCUT2D eigenvalue weighted by molar-refractivity contribution is -0.137. The number of rotatable bonds is 6. The van der Waals surface area contributed by atoms with Gasteiger partial charge in [0.25, 0.3) is 0 Å². The van der Waals surface area contributed by atoms with E-state index in [0.717, 1.165) is 13.1 Å². The number of hydrogen-bond donors (Lipinski definition) is 0. The predicted molar refractivity (Wildman–Crippen MR) is 53.3 cm³/mol. The largest absolute Gasteiger partial charge is 0.461 e. The summed E-state index contributed by atoms with van der Waals surface area (Å²) in [4.78, 5) is 13.0. The summed E-state index contributed by atoms with van der Waals surface area (Å²) >= 11 is 0. The molecule has 0 spiro atoms. The fourth-order valence-corrected chi connectivity index (χ4v) is 0.846. The third-order valence-corrected chi connectivity index (χ3v) is 1.69. The van der Waals surface area contributed by atoms with E-state index < -0.39 is 5.97 Å². The summed E-state index contributed by atoms with van der Waals surface area (Å²) in [6, 6.07) is 1.90. The molecule has 4 heteroatoms. The van der Waals surface area contributed by atoms with Gasteiger partial charge in [-0.2, -0.15) is 5.26 Å². The summed E-state index contributed by atoms with van der Waals surface area (Å²) in [5.41, 5.74) is 0. The van der Waals surface area contributed by atoms with Crippen LogP contribution in [0, 0.1) is 11.3 Å². The first-order chi connectivity index (χ1) is 6.74. The summed E-state index contributed by atoms with van der Waals surface area (Å²) in [5.74, 6) is -0.396. The third kappa shape index (κ3) is 6.06. The Morgan fingerprint density at radius 2 is 2.14 bits per heavy atom. The van der Waals surface area contributed by atoms with Gasteiger partial charge in [-0.25, -0.2) is 4.79 Å². The van der Waals surface area contributed by atoms with Crippen LogP contribution in [0.25, 0.3) is 0 Å². The van der Waals surface area contributed by atoms with E-state index in [1.807, 2.05) is 24.8 Å². The minimum atomic E-state index is -0.396. The standard InChI is InChI=1S/C10H16N2O2/c1-3-12(4-2)8-6-10(13)14-9-5-7-11/h6,8H,3-5,9H2,1-2H3. The Hall–Kier alpha value is -1.50. The molecule has 0 radical (unpaired) electrons. The van der Waals surface area contributed by atoms with Crippen molar-refractivity contribution in [1.29, 1.82) is 5.26 Å². The van der Waals surface area contributed by atoms with Crippen molar-refractivity contribution in [3.8, 4) is 6.07 Å². The summed E-state index contributed by atoms with van der Waals surface area (Å²) in [6.07, 6.45) is 3.32. The predicted octanol–water partition coefficient (Wildman–Crippen LogP) is 1.30. The van der Waals surface area contributed by atoms with E-state index in [0.29, 0.717) is 0 Å². The molecule has 0 aliphatic rings. The van der Waals surface area contributed by atoms with E-state index >= 15 is 0 Å². The zero-order valence-electron chi connectivity index (χ0n) is 8.69. The monoisotopic (exact) mass is 196 g/mol. The molecule has 0 aliphatic carbocycles. The first kappa shape index (κ1) is 12.5. The number of carbonyl (C=O) groups is 1. The zero-order valence-corrected chi connectivity index (χ0v) is 8.69. The second-order valence-corrected chi connectivity index (χ2v) is 2.61. The summed E-state index contributed by atoms with van der Waals surface area (Å²) < 4.78 is 4.75. The van der Waals surface area contributed by atoms with Crippen molar-refractivity contribution in [1.82, 2.24) is 4.90 Å². The first-order valence-electron chi connectivity index (χ1n) is 4.70. The molecule has 0 unspecified atom stereocenters. The Kier molecular flexibility index (Phi) is 7.24. The average Bonchev–Trinajstić information content (AvgIpc) is 2.20. The van der Waals surface area contributed by atoms with Crippen molar-refractivity contribution in [3.63, 3.8) is 0 Å². The van der Waals surface area contributed by atoms with Crippen LogP contribution in [-0.2, 0) is 9.53 Å². The molecule has 0 saturated heterocycles.